The number of aromatic carboxylic acids is 1. The van der Waals surface area contributed by atoms with E-state index in [2.05, 4.69) is 4.85 Å². The maximum atomic E-state index is 11.8. The van der Waals surface area contributed by atoms with Crippen LogP contribution in [0.2, 0.25) is 0 Å². The molecule has 2 aromatic rings. The Hall–Kier alpha value is -2.74. The molecule has 1 N–H and O–H groups in total. The van der Waals surface area contributed by atoms with Crippen LogP contribution in [0.5, 0.6) is 5.75 Å². The van der Waals surface area contributed by atoms with Gasteiger partial charge in [-0.05, 0) is 49.8 Å². The number of aromatic nitrogens is 1. The lowest BCUT2D eigenvalue weighted by Gasteiger charge is -2.23. The van der Waals surface area contributed by atoms with Crippen molar-refractivity contribution in [3.63, 3.8) is 0 Å². The number of benzene rings is 1. The standard InChI is InChI=1S/C21H24N2O3/c1-4-17-19(22-2)18(20(21(24)25)23(17)3)14-10-12-16(13-11-14)26-15-8-6-5-7-9-15/h10-13,15H,4-9H2,1,3H3,(H,24,25). The summed E-state index contributed by atoms with van der Waals surface area (Å²) in [5.41, 5.74) is 2.56. The number of carboxylic acids is 1. The second kappa shape index (κ2) is 7.65. The lowest BCUT2D eigenvalue weighted by atomic mass is 9.98. The molecule has 136 valence electrons. The summed E-state index contributed by atoms with van der Waals surface area (Å²) in [6, 6.07) is 7.46. The van der Waals surface area contributed by atoms with Gasteiger partial charge in [-0.25, -0.2) is 9.64 Å². The molecule has 1 heterocycles. The Labute approximate surface area is 154 Å². The number of ether oxygens (including phenoxy) is 1. The molecule has 0 bridgehead atoms. The average molecular weight is 352 g/mol. The second-order valence-corrected chi connectivity index (χ2v) is 6.75. The minimum atomic E-state index is -1.02. The van der Waals surface area contributed by atoms with Crippen molar-refractivity contribution in [2.24, 2.45) is 7.05 Å². The molecule has 1 aromatic carbocycles. The molecular formula is C21H24N2O3. The normalized spacial score (nSPS) is 14.8. The topological polar surface area (TPSA) is 55.8 Å². The zero-order chi connectivity index (χ0) is 18.7. The summed E-state index contributed by atoms with van der Waals surface area (Å²) >= 11 is 0. The Morgan fingerprint density at radius 1 is 1.27 bits per heavy atom. The van der Waals surface area contributed by atoms with Gasteiger partial charge in [-0.3, -0.25) is 0 Å². The zero-order valence-corrected chi connectivity index (χ0v) is 15.3. The summed E-state index contributed by atoms with van der Waals surface area (Å²) in [7, 11) is 1.71. The summed E-state index contributed by atoms with van der Waals surface area (Å²) in [5.74, 6) is -0.219. The molecule has 0 amide bonds. The largest absolute Gasteiger partial charge is 0.490 e. The Morgan fingerprint density at radius 3 is 2.46 bits per heavy atom. The number of carbonyl (C=O) groups is 1. The molecule has 0 unspecified atom stereocenters. The van der Waals surface area contributed by atoms with Crippen LogP contribution in [0.3, 0.4) is 0 Å². The van der Waals surface area contributed by atoms with Crippen molar-refractivity contribution in [3.8, 4) is 16.9 Å². The molecule has 1 aliphatic carbocycles. The molecule has 0 aliphatic heterocycles. The average Bonchev–Trinajstić information content (AvgIpc) is 2.94. The predicted octanol–water partition coefficient (Wildman–Crippen LogP) is 5.21. The van der Waals surface area contributed by atoms with Crippen molar-refractivity contribution in [3.05, 3.63) is 47.1 Å². The zero-order valence-electron chi connectivity index (χ0n) is 15.3. The van der Waals surface area contributed by atoms with Crippen LogP contribution in [0.25, 0.3) is 16.0 Å². The van der Waals surface area contributed by atoms with Crippen molar-refractivity contribution in [2.45, 2.75) is 51.6 Å². The maximum Gasteiger partial charge on any atom is 0.351 e. The van der Waals surface area contributed by atoms with E-state index in [9.17, 15) is 9.90 Å². The fourth-order valence-electron chi connectivity index (χ4n) is 3.84. The Kier molecular flexibility index (Phi) is 5.32. The van der Waals surface area contributed by atoms with E-state index in [0.29, 0.717) is 17.7 Å². The van der Waals surface area contributed by atoms with Gasteiger partial charge in [0, 0.05) is 18.3 Å². The van der Waals surface area contributed by atoms with E-state index in [1.54, 1.807) is 11.6 Å². The summed E-state index contributed by atoms with van der Waals surface area (Å²) < 4.78 is 7.67. The van der Waals surface area contributed by atoms with Crippen LogP contribution in [-0.2, 0) is 13.5 Å². The number of nitrogens with zero attached hydrogens (tertiary/aromatic N) is 2. The third-order valence-electron chi connectivity index (χ3n) is 5.13. The third-order valence-corrected chi connectivity index (χ3v) is 5.13. The summed E-state index contributed by atoms with van der Waals surface area (Å²) in [6.07, 6.45) is 6.76. The minimum Gasteiger partial charge on any atom is -0.490 e. The molecule has 1 fully saturated rings. The first kappa shape index (κ1) is 18.1. The molecule has 5 nitrogen and oxygen atoms in total. The molecule has 1 aliphatic rings. The van der Waals surface area contributed by atoms with Crippen LogP contribution in [0, 0.1) is 6.57 Å². The van der Waals surface area contributed by atoms with Gasteiger partial charge >= 0.3 is 5.97 Å². The van der Waals surface area contributed by atoms with Gasteiger partial charge in [-0.2, -0.15) is 0 Å². The van der Waals surface area contributed by atoms with Crippen LogP contribution < -0.4 is 4.74 Å². The van der Waals surface area contributed by atoms with Crippen LogP contribution in [-0.4, -0.2) is 21.7 Å². The minimum absolute atomic E-state index is 0.161. The van der Waals surface area contributed by atoms with Gasteiger partial charge in [0.2, 0.25) is 5.69 Å². The first-order chi connectivity index (χ1) is 12.6. The van der Waals surface area contributed by atoms with Gasteiger partial charge in [0.05, 0.1) is 12.7 Å². The summed E-state index contributed by atoms with van der Waals surface area (Å²) in [4.78, 5) is 15.4. The molecule has 5 heteroatoms. The van der Waals surface area contributed by atoms with Gasteiger partial charge in [-0.1, -0.05) is 25.5 Å². The molecule has 0 spiro atoms. The number of carboxylic acid groups (broad SMARTS) is 1. The second-order valence-electron chi connectivity index (χ2n) is 6.75. The highest BCUT2D eigenvalue weighted by Gasteiger charge is 2.25. The van der Waals surface area contributed by atoms with E-state index in [1.165, 1.54) is 19.3 Å². The smallest absolute Gasteiger partial charge is 0.351 e. The molecular weight excluding hydrogens is 328 g/mol. The highest BCUT2D eigenvalue weighted by molar-refractivity contribution is 6.00. The monoisotopic (exact) mass is 352 g/mol. The van der Waals surface area contributed by atoms with Crippen molar-refractivity contribution < 1.29 is 14.6 Å². The van der Waals surface area contributed by atoms with Crippen molar-refractivity contribution in [1.29, 1.82) is 0 Å². The lowest BCUT2D eigenvalue weighted by Crippen LogP contribution is -2.19. The SMILES string of the molecule is [C-]#[N+]c1c(-c2ccc(OC3CCCCC3)cc2)c(C(=O)O)n(C)c1CC. The highest BCUT2D eigenvalue weighted by Crippen LogP contribution is 2.40. The van der Waals surface area contributed by atoms with E-state index < -0.39 is 5.97 Å². The van der Waals surface area contributed by atoms with Crippen LogP contribution >= 0.6 is 0 Å². The van der Waals surface area contributed by atoms with Crippen LogP contribution in [0.4, 0.5) is 5.69 Å². The van der Waals surface area contributed by atoms with Gasteiger partial charge in [-0.15, -0.1) is 0 Å². The van der Waals surface area contributed by atoms with E-state index in [4.69, 9.17) is 11.3 Å². The maximum absolute atomic E-state index is 11.8. The Morgan fingerprint density at radius 2 is 1.92 bits per heavy atom. The predicted molar refractivity (Wildman–Crippen MR) is 101 cm³/mol. The van der Waals surface area contributed by atoms with E-state index >= 15 is 0 Å². The molecule has 0 saturated heterocycles. The molecule has 0 atom stereocenters. The van der Waals surface area contributed by atoms with Gasteiger partial charge in [0.1, 0.15) is 11.4 Å². The van der Waals surface area contributed by atoms with E-state index in [0.717, 1.165) is 29.8 Å². The summed E-state index contributed by atoms with van der Waals surface area (Å²) in [6.45, 7) is 9.47. The molecule has 3 rings (SSSR count). The Balaban J connectivity index is 1.96. The van der Waals surface area contributed by atoms with Crippen LogP contribution in [0.1, 0.15) is 55.2 Å². The van der Waals surface area contributed by atoms with Gasteiger partial charge < -0.3 is 14.4 Å². The van der Waals surface area contributed by atoms with E-state index in [-0.39, 0.29) is 11.8 Å². The number of hydrogen-bond acceptors (Lipinski definition) is 2. The number of rotatable bonds is 5. The molecule has 1 aromatic heterocycles. The highest BCUT2D eigenvalue weighted by atomic mass is 16.5. The Bertz CT molecular complexity index is 838. The number of hydrogen-bond donors (Lipinski definition) is 1. The first-order valence-corrected chi connectivity index (χ1v) is 9.16. The van der Waals surface area contributed by atoms with E-state index in [1.807, 2.05) is 31.2 Å². The lowest BCUT2D eigenvalue weighted by molar-refractivity contribution is 0.0687. The molecule has 1 saturated carbocycles. The van der Waals surface area contributed by atoms with Gasteiger partial charge in [0.25, 0.3) is 0 Å². The van der Waals surface area contributed by atoms with Crippen molar-refractivity contribution in [2.75, 3.05) is 0 Å². The van der Waals surface area contributed by atoms with Crippen molar-refractivity contribution in [1.82, 2.24) is 4.57 Å². The quantitative estimate of drug-likeness (QED) is 0.751. The van der Waals surface area contributed by atoms with Crippen LogP contribution in [0.15, 0.2) is 24.3 Å². The third kappa shape index (κ3) is 3.32. The molecule has 26 heavy (non-hydrogen) atoms. The fourth-order valence-corrected chi connectivity index (χ4v) is 3.84. The first-order valence-electron chi connectivity index (χ1n) is 9.16. The summed E-state index contributed by atoms with van der Waals surface area (Å²) in [5, 5.41) is 9.66. The van der Waals surface area contributed by atoms with Crippen molar-refractivity contribution >= 4 is 11.7 Å². The molecule has 0 radical (unpaired) electrons. The van der Waals surface area contributed by atoms with Gasteiger partial charge in [0.15, 0.2) is 0 Å². The fraction of sp³-hybridized carbons (Fsp3) is 0.429.